The molecule has 1 fully saturated rings. The molecule has 1 unspecified atom stereocenters. The van der Waals surface area contributed by atoms with Gasteiger partial charge in [-0.3, -0.25) is 14.5 Å². The summed E-state index contributed by atoms with van der Waals surface area (Å²) in [5.74, 6) is -2.15. The highest BCUT2D eigenvalue weighted by molar-refractivity contribution is 6.16. The minimum atomic E-state index is -5.07. The molecule has 158 valence electrons. The maximum atomic E-state index is 14.3. The van der Waals surface area contributed by atoms with E-state index in [1.165, 1.54) is 25.7 Å². The monoisotopic (exact) mass is 409 g/mol. The first-order valence-electron chi connectivity index (χ1n) is 9.86. The van der Waals surface area contributed by atoms with Crippen LogP contribution in [0.1, 0.15) is 58.4 Å². The number of hydrogen-bond donors (Lipinski definition) is 1. The molecule has 2 aliphatic rings. The molecule has 0 aromatic heterocycles. The molecule has 1 N–H and O–H groups in total. The lowest BCUT2D eigenvalue weighted by atomic mass is 9.92. The second-order valence-corrected chi connectivity index (χ2v) is 8.68. The summed E-state index contributed by atoms with van der Waals surface area (Å²) in [6.07, 6.45) is -1.19. The van der Waals surface area contributed by atoms with E-state index in [9.17, 15) is 22.8 Å². The highest BCUT2D eigenvalue weighted by atomic mass is 19.4. The van der Waals surface area contributed by atoms with Crippen LogP contribution >= 0.6 is 0 Å². The Hall–Kier alpha value is -2.38. The molecule has 1 atom stereocenters. The molecule has 1 aromatic rings. The lowest BCUT2D eigenvalue weighted by Gasteiger charge is -2.35. The predicted octanol–water partition coefficient (Wildman–Crippen LogP) is 4.03. The van der Waals surface area contributed by atoms with E-state index < -0.39 is 29.1 Å². The molecule has 1 aliphatic carbocycles. The summed E-state index contributed by atoms with van der Waals surface area (Å²) in [5.41, 5.74) is -4.00. The first-order chi connectivity index (χ1) is 13.5. The molecule has 29 heavy (non-hydrogen) atoms. The summed E-state index contributed by atoms with van der Waals surface area (Å²) < 4.78 is 42.8. The van der Waals surface area contributed by atoms with Crippen LogP contribution in [0.25, 0.3) is 0 Å². The van der Waals surface area contributed by atoms with E-state index in [0.717, 1.165) is 19.3 Å². The van der Waals surface area contributed by atoms with E-state index in [4.69, 9.17) is 0 Å². The average molecular weight is 409 g/mol. The second-order valence-electron chi connectivity index (χ2n) is 8.68. The van der Waals surface area contributed by atoms with Crippen molar-refractivity contribution < 1.29 is 22.8 Å². The van der Waals surface area contributed by atoms with Crippen molar-refractivity contribution in [1.82, 2.24) is 10.2 Å². The van der Waals surface area contributed by atoms with Gasteiger partial charge in [0.15, 0.2) is 0 Å². The molecule has 1 aromatic carbocycles. The molecule has 1 heterocycles. The number of hydrogen-bond acceptors (Lipinski definition) is 3. The van der Waals surface area contributed by atoms with Gasteiger partial charge in [-0.15, -0.1) is 0 Å². The fourth-order valence-electron chi connectivity index (χ4n) is 3.69. The summed E-state index contributed by atoms with van der Waals surface area (Å²) in [7, 11) is 0. The SMILES string of the molecule is CC(C)(C)C(=O)NC1(C(F)(F)F)N=C(c2ccccc2)N(C2CCCCC2)C1=O. The molecule has 5 nitrogen and oxygen atoms in total. The molecule has 1 saturated carbocycles. The van der Waals surface area contributed by atoms with Crippen LogP contribution in [0.5, 0.6) is 0 Å². The Morgan fingerprint density at radius 2 is 1.69 bits per heavy atom. The Bertz CT molecular complexity index is 809. The summed E-state index contributed by atoms with van der Waals surface area (Å²) >= 11 is 0. The van der Waals surface area contributed by atoms with Gasteiger partial charge < -0.3 is 5.32 Å². The third-order valence-corrected chi connectivity index (χ3v) is 5.39. The summed E-state index contributed by atoms with van der Waals surface area (Å²) in [6.45, 7) is 4.48. The standard InChI is InChI=1S/C21H26F3N3O2/c1-19(2,3)17(28)26-20(21(22,23)24)18(29)27(15-12-8-5-9-13-15)16(25-20)14-10-6-4-7-11-14/h4,6-7,10-11,15H,5,8-9,12-13H2,1-3H3,(H,26,28). The quantitative estimate of drug-likeness (QED) is 0.819. The molecule has 0 bridgehead atoms. The van der Waals surface area contributed by atoms with Gasteiger partial charge in [-0.2, -0.15) is 13.2 Å². The van der Waals surface area contributed by atoms with Gasteiger partial charge in [0, 0.05) is 17.0 Å². The smallest absolute Gasteiger partial charge is 0.316 e. The van der Waals surface area contributed by atoms with Crippen molar-refractivity contribution in [1.29, 1.82) is 0 Å². The fraction of sp³-hybridized carbons (Fsp3) is 0.571. The van der Waals surface area contributed by atoms with Crippen LogP contribution in [0.4, 0.5) is 13.2 Å². The van der Waals surface area contributed by atoms with Crippen molar-refractivity contribution in [2.75, 3.05) is 0 Å². The van der Waals surface area contributed by atoms with Gasteiger partial charge >= 0.3 is 11.8 Å². The third kappa shape index (κ3) is 3.89. The largest absolute Gasteiger partial charge is 0.442 e. The van der Waals surface area contributed by atoms with Crippen molar-refractivity contribution in [3.05, 3.63) is 35.9 Å². The maximum absolute atomic E-state index is 14.3. The first kappa shape index (κ1) is 21.3. The zero-order valence-corrected chi connectivity index (χ0v) is 16.8. The number of amides is 2. The van der Waals surface area contributed by atoms with Crippen LogP contribution in [-0.2, 0) is 9.59 Å². The van der Waals surface area contributed by atoms with Crippen molar-refractivity contribution in [2.45, 2.75) is 70.8 Å². The van der Waals surface area contributed by atoms with Gasteiger partial charge in [0.05, 0.1) is 0 Å². The number of halogens is 3. The van der Waals surface area contributed by atoms with E-state index >= 15 is 0 Å². The Labute approximate surface area is 168 Å². The van der Waals surface area contributed by atoms with Gasteiger partial charge in [0.1, 0.15) is 5.84 Å². The Morgan fingerprint density at radius 3 is 2.21 bits per heavy atom. The number of alkyl halides is 3. The zero-order chi connectivity index (χ0) is 21.4. The Kier molecular flexibility index (Phi) is 5.49. The lowest BCUT2D eigenvalue weighted by molar-refractivity contribution is -0.202. The lowest BCUT2D eigenvalue weighted by Crippen LogP contribution is -2.65. The number of nitrogens with zero attached hydrogens (tertiary/aromatic N) is 2. The molecule has 0 radical (unpaired) electrons. The Balaban J connectivity index is 2.13. The number of amidine groups is 1. The summed E-state index contributed by atoms with van der Waals surface area (Å²) in [4.78, 5) is 30.8. The number of nitrogens with one attached hydrogen (secondary N) is 1. The number of aliphatic imine (C=N–C) groups is 1. The molecule has 0 spiro atoms. The zero-order valence-electron chi connectivity index (χ0n) is 16.8. The Morgan fingerprint density at radius 1 is 1.10 bits per heavy atom. The number of rotatable bonds is 3. The molecule has 2 amide bonds. The molecule has 1 aliphatic heterocycles. The van der Waals surface area contributed by atoms with Crippen molar-refractivity contribution >= 4 is 17.6 Å². The topological polar surface area (TPSA) is 61.8 Å². The van der Waals surface area contributed by atoms with Crippen LogP contribution in [0.3, 0.4) is 0 Å². The number of carbonyl (C=O) groups excluding carboxylic acids is 2. The maximum Gasteiger partial charge on any atom is 0.442 e. The molecular formula is C21H26F3N3O2. The normalized spacial score (nSPS) is 23.9. The van der Waals surface area contributed by atoms with Crippen molar-refractivity contribution in [2.24, 2.45) is 10.4 Å². The van der Waals surface area contributed by atoms with Gasteiger partial charge in [-0.1, -0.05) is 70.4 Å². The van der Waals surface area contributed by atoms with Gasteiger partial charge in [-0.05, 0) is 12.8 Å². The van der Waals surface area contributed by atoms with Crippen molar-refractivity contribution in [3.63, 3.8) is 0 Å². The van der Waals surface area contributed by atoms with E-state index in [0.29, 0.717) is 18.4 Å². The third-order valence-electron chi connectivity index (χ3n) is 5.39. The summed E-state index contributed by atoms with van der Waals surface area (Å²) in [6, 6.07) is 7.99. The first-order valence-corrected chi connectivity index (χ1v) is 9.86. The molecule has 3 rings (SSSR count). The second kappa shape index (κ2) is 7.46. The highest BCUT2D eigenvalue weighted by Gasteiger charge is 2.68. The predicted molar refractivity (Wildman–Crippen MR) is 103 cm³/mol. The number of benzene rings is 1. The van der Waals surface area contributed by atoms with E-state index in [1.807, 2.05) is 5.32 Å². The minimum Gasteiger partial charge on any atom is -0.316 e. The molecule has 0 saturated heterocycles. The number of carbonyl (C=O) groups is 2. The van der Waals surface area contributed by atoms with Crippen molar-refractivity contribution in [3.8, 4) is 0 Å². The van der Waals surface area contributed by atoms with Crippen LogP contribution in [0.15, 0.2) is 35.3 Å². The molecule has 8 heteroatoms. The molecular weight excluding hydrogens is 383 g/mol. The van der Waals surface area contributed by atoms with Crippen LogP contribution in [-0.4, -0.2) is 40.4 Å². The fourth-order valence-corrected chi connectivity index (χ4v) is 3.69. The van der Waals surface area contributed by atoms with Crippen LogP contribution in [0, 0.1) is 5.41 Å². The van der Waals surface area contributed by atoms with Gasteiger partial charge in [0.2, 0.25) is 5.91 Å². The van der Waals surface area contributed by atoms with E-state index in [1.54, 1.807) is 30.3 Å². The minimum absolute atomic E-state index is 0.0333. The average Bonchev–Trinajstić information content (AvgIpc) is 2.96. The summed E-state index contributed by atoms with van der Waals surface area (Å²) in [5, 5.41) is 1.95. The van der Waals surface area contributed by atoms with E-state index in [2.05, 4.69) is 4.99 Å². The van der Waals surface area contributed by atoms with Gasteiger partial charge in [-0.25, -0.2) is 4.99 Å². The highest BCUT2D eigenvalue weighted by Crippen LogP contribution is 2.41. The van der Waals surface area contributed by atoms with E-state index in [-0.39, 0.29) is 11.9 Å². The van der Waals surface area contributed by atoms with Crippen LogP contribution in [0.2, 0.25) is 0 Å². The van der Waals surface area contributed by atoms with Gasteiger partial charge in [0.25, 0.3) is 5.91 Å². The van der Waals surface area contributed by atoms with Crippen LogP contribution < -0.4 is 5.32 Å².